The average molecular weight is 189 g/mol. The van der Waals surface area contributed by atoms with E-state index in [0.717, 1.165) is 0 Å². The van der Waals surface area contributed by atoms with Crippen LogP contribution in [-0.4, -0.2) is 27.1 Å². The molecule has 12 heavy (non-hydrogen) atoms. The van der Waals surface area contributed by atoms with Gasteiger partial charge in [0.2, 0.25) is 8.32 Å². The maximum Gasteiger partial charge on any atom is 0.342 e. The highest BCUT2D eigenvalue weighted by Crippen LogP contribution is 2.03. The number of hydrogen-bond acceptors (Lipinski definition) is 4. The van der Waals surface area contributed by atoms with Crippen molar-refractivity contribution in [2.24, 2.45) is 5.16 Å². The fourth-order valence-electron chi connectivity index (χ4n) is 0.526. The van der Waals surface area contributed by atoms with E-state index < -0.39 is 14.3 Å². The Morgan fingerprint density at radius 1 is 1.33 bits per heavy atom. The van der Waals surface area contributed by atoms with Crippen LogP contribution in [0.2, 0.25) is 19.6 Å². The van der Waals surface area contributed by atoms with Gasteiger partial charge in [-0.25, -0.2) is 4.79 Å². The van der Waals surface area contributed by atoms with E-state index in [9.17, 15) is 4.79 Å². The predicted octanol–water partition coefficient (Wildman–Crippen LogP) is 1.39. The van der Waals surface area contributed by atoms with Crippen LogP contribution < -0.4 is 0 Å². The van der Waals surface area contributed by atoms with Gasteiger partial charge in [0, 0.05) is 0 Å². The lowest BCUT2D eigenvalue weighted by molar-refractivity contribution is -0.127. The van der Waals surface area contributed by atoms with Crippen molar-refractivity contribution in [1.82, 2.24) is 0 Å². The van der Waals surface area contributed by atoms with Gasteiger partial charge in [-0.15, -0.1) is 0 Å². The zero-order valence-electron chi connectivity index (χ0n) is 8.17. The minimum atomic E-state index is -1.80. The zero-order chi connectivity index (χ0) is 9.78. The third-order valence-corrected chi connectivity index (χ3v) is 1.72. The average Bonchev–Trinajstić information content (AvgIpc) is 1.84. The molecule has 0 radical (unpaired) electrons. The Morgan fingerprint density at radius 2 is 1.83 bits per heavy atom. The summed E-state index contributed by atoms with van der Waals surface area (Å²) in [6.45, 7) is 7.37. The second-order valence-electron chi connectivity index (χ2n) is 3.36. The van der Waals surface area contributed by atoms with Gasteiger partial charge in [-0.3, -0.25) is 0 Å². The van der Waals surface area contributed by atoms with Crippen LogP contribution in [-0.2, 0) is 14.1 Å². The summed E-state index contributed by atoms with van der Waals surface area (Å²) < 4.78 is 5.14. The molecule has 0 spiro atoms. The number of nitrogens with zero attached hydrogens (tertiary/aromatic N) is 1. The molecule has 0 aromatic rings. The minimum absolute atomic E-state index is 0.250. The SMILES string of the molecule is CO/N=C(/C)C(=O)O[Si](C)(C)C. The smallest absolute Gasteiger partial charge is 0.342 e. The molecule has 0 atom stereocenters. The Labute approximate surface area is 73.7 Å². The first kappa shape index (κ1) is 11.2. The number of carbonyl (C=O) groups is 1. The summed E-state index contributed by atoms with van der Waals surface area (Å²) >= 11 is 0. The molecule has 5 heteroatoms. The molecule has 0 rings (SSSR count). The Morgan fingerprint density at radius 3 is 2.17 bits per heavy atom. The van der Waals surface area contributed by atoms with Crippen molar-refractivity contribution in [2.75, 3.05) is 7.11 Å². The molecule has 0 amide bonds. The molecule has 0 saturated carbocycles. The molecule has 0 aliphatic heterocycles. The van der Waals surface area contributed by atoms with Crippen LogP contribution in [0, 0.1) is 0 Å². The molecule has 0 fully saturated rings. The first-order valence-corrected chi connectivity index (χ1v) is 7.09. The molecule has 0 aromatic heterocycles. The second-order valence-corrected chi connectivity index (χ2v) is 7.79. The summed E-state index contributed by atoms with van der Waals surface area (Å²) in [4.78, 5) is 15.6. The normalized spacial score (nSPS) is 12.6. The van der Waals surface area contributed by atoms with Crippen LogP contribution >= 0.6 is 0 Å². The van der Waals surface area contributed by atoms with Crippen LogP contribution in [0.1, 0.15) is 6.92 Å². The van der Waals surface area contributed by atoms with Gasteiger partial charge >= 0.3 is 5.97 Å². The number of oxime groups is 1. The molecule has 0 aliphatic carbocycles. The third-order valence-electron chi connectivity index (χ3n) is 0.923. The Kier molecular flexibility index (Phi) is 3.95. The maximum atomic E-state index is 11.2. The first-order chi connectivity index (χ1) is 5.37. The summed E-state index contributed by atoms with van der Waals surface area (Å²) in [6.07, 6.45) is 0. The summed E-state index contributed by atoms with van der Waals surface area (Å²) in [5.41, 5.74) is 0.250. The third kappa shape index (κ3) is 4.89. The fourth-order valence-corrected chi connectivity index (χ4v) is 1.23. The zero-order valence-corrected chi connectivity index (χ0v) is 9.17. The molecule has 0 saturated heterocycles. The van der Waals surface area contributed by atoms with Gasteiger partial charge in [-0.1, -0.05) is 5.16 Å². The lowest BCUT2D eigenvalue weighted by Crippen LogP contribution is -2.32. The van der Waals surface area contributed by atoms with E-state index in [1.807, 2.05) is 19.6 Å². The van der Waals surface area contributed by atoms with Crippen molar-refractivity contribution in [1.29, 1.82) is 0 Å². The highest BCUT2D eigenvalue weighted by Gasteiger charge is 2.21. The monoisotopic (exact) mass is 189 g/mol. The topological polar surface area (TPSA) is 47.9 Å². The van der Waals surface area contributed by atoms with E-state index in [-0.39, 0.29) is 5.71 Å². The lowest BCUT2D eigenvalue weighted by atomic mass is 10.4. The highest BCUT2D eigenvalue weighted by atomic mass is 28.4. The molecule has 0 aromatic carbocycles. The molecule has 0 heterocycles. The summed E-state index contributed by atoms with van der Waals surface area (Å²) in [6, 6.07) is 0. The highest BCUT2D eigenvalue weighted by molar-refractivity contribution is 6.72. The largest absolute Gasteiger partial charge is 0.515 e. The minimum Gasteiger partial charge on any atom is -0.515 e. The molecule has 0 N–H and O–H groups in total. The van der Waals surface area contributed by atoms with Gasteiger partial charge in [0.15, 0.2) is 5.71 Å². The van der Waals surface area contributed by atoms with Crippen molar-refractivity contribution in [3.8, 4) is 0 Å². The van der Waals surface area contributed by atoms with Crippen LogP contribution in [0.5, 0.6) is 0 Å². The molecular weight excluding hydrogens is 174 g/mol. The van der Waals surface area contributed by atoms with Crippen molar-refractivity contribution < 1.29 is 14.1 Å². The van der Waals surface area contributed by atoms with Gasteiger partial charge in [-0.05, 0) is 26.6 Å². The van der Waals surface area contributed by atoms with Gasteiger partial charge < -0.3 is 9.26 Å². The molecule has 4 nitrogen and oxygen atoms in total. The molecule has 0 unspecified atom stereocenters. The summed E-state index contributed by atoms with van der Waals surface area (Å²) in [7, 11) is -0.404. The van der Waals surface area contributed by atoms with Crippen LogP contribution in [0.25, 0.3) is 0 Å². The number of hydrogen-bond donors (Lipinski definition) is 0. The number of rotatable bonds is 3. The Balaban J connectivity index is 4.15. The van der Waals surface area contributed by atoms with E-state index in [1.54, 1.807) is 6.92 Å². The lowest BCUT2D eigenvalue weighted by Gasteiger charge is -2.16. The number of carbonyl (C=O) groups excluding carboxylic acids is 1. The van der Waals surface area contributed by atoms with E-state index in [4.69, 9.17) is 4.43 Å². The molecule has 0 bridgehead atoms. The summed E-state index contributed by atoms with van der Waals surface area (Å²) in [5.74, 6) is -0.393. The molecular formula is C7H15NO3Si. The molecule has 0 aliphatic rings. The quantitative estimate of drug-likeness (QED) is 0.383. The van der Waals surface area contributed by atoms with E-state index >= 15 is 0 Å². The van der Waals surface area contributed by atoms with E-state index in [2.05, 4.69) is 9.99 Å². The van der Waals surface area contributed by atoms with Gasteiger partial charge in [0.05, 0.1) is 0 Å². The van der Waals surface area contributed by atoms with Gasteiger partial charge in [-0.2, -0.15) is 0 Å². The van der Waals surface area contributed by atoms with Crippen molar-refractivity contribution >= 4 is 20.0 Å². The van der Waals surface area contributed by atoms with Crippen LogP contribution in [0.4, 0.5) is 0 Å². The second kappa shape index (κ2) is 4.25. The van der Waals surface area contributed by atoms with Crippen molar-refractivity contribution in [2.45, 2.75) is 26.6 Å². The van der Waals surface area contributed by atoms with Gasteiger partial charge in [0.25, 0.3) is 0 Å². The van der Waals surface area contributed by atoms with E-state index in [0.29, 0.717) is 0 Å². The van der Waals surface area contributed by atoms with Crippen molar-refractivity contribution in [3.05, 3.63) is 0 Å². The maximum absolute atomic E-state index is 11.2. The first-order valence-electron chi connectivity index (χ1n) is 3.68. The summed E-state index contributed by atoms with van der Waals surface area (Å²) in [5, 5.41) is 3.47. The van der Waals surface area contributed by atoms with Crippen LogP contribution in [0.15, 0.2) is 5.16 Å². The van der Waals surface area contributed by atoms with Gasteiger partial charge in [0.1, 0.15) is 7.11 Å². The van der Waals surface area contributed by atoms with Crippen LogP contribution in [0.3, 0.4) is 0 Å². The van der Waals surface area contributed by atoms with Crippen molar-refractivity contribution in [3.63, 3.8) is 0 Å². The standard InChI is InChI=1S/C7H15NO3Si/c1-6(8-10-2)7(9)11-12(3,4)5/h1-5H3/b8-6-. The van der Waals surface area contributed by atoms with E-state index in [1.165, 1.54) is 7.11 Å². The predicted molar refractivity (Wildman–Crippen MR) is 49.6 cm³/mol. The molecule has 70 valence electrons. The Hall–Kier alpha value is -0.843. The fraction of sp³-hybridized carbons (Fsp3) is 0.714. The Bertz CT molecular complexity index is 195.